The van der Waals surface area contributed by atoms with E-state index in [-0.39, 0.29) is 12.3 Å². The molecule has 2 rings (SSSR count). The van der Waals surface area contributed by atoms with E-state index in [0.717, 1.165) is 5.56 Å². The number of hydrogen-bond acceptors (Lipinski definition) is 5. The lowest BCUT2D eigenvalue weighted by Gasteiger charge is -2.22. The van der Waals surface area contributed by atoms with Gasteiger partial charge >= 0.3 is 0 Å². The fourth-order valence-electron chi connectivity index (χ4n) is 2.26. The third-order valence-corrected chi connectivity index (χ3v) is 3.48. The van der Waals surface area contributed by atoms with Gasteiger partial charge < -0.3 is 14.4 Å². The van der Waals surface area contributed by atoms with Gasteiger partial charge in [-0.2, -0.15) is 5.26 Å². The van der Waals surface area contributed by atoms with E-state index >= 15 is 0 Å². The van der Waals surface area contributed by atoms with Crippen molar-refractivity contribution in [1.29, 1.82) is 5.26 Å². The molecular weight excluding hydrogens is 306 g/mol. The Kier molecular flexibility index (Phi) is 6.15. The summed E-state index contributed by atoms with van der Waals surface area (Å²) in [6, 6.07) is 10.8. The van der Waals surface area contributed by atoms with Crippen LogP contribution in [-0.2, 0) is 6.54 Å². The molecule has 0 spiro atoms. The number of carbonyl (C=O) groups excluding carboxylic acids is 1. The molecule has 0 atom stereocenters. The highest BCUT2D eigenvalue weighted by atomic mass is 16.5. The molecule has 0 radical (unpaired) electrons. The SMILES string of the molecule is COc1cc(OC)cc(C(=O)N(CCC#N)Cc2cccnc2)c1. The molecule has 0 unspecified atom stereocenters. The lowest BCUT2D eigenvalue weighted by Crippen LogP contribution is -2.31. The summed E-state index contributed by atoms with van der Waals surface area (Å²) in [4.78, 5) is 18.6. The van der Waals surface area contributed by atoms with Gasteiger partial charge in [-0.25, -0.2) is 0 Å². The molecule has 1 aromatic heterocycles. The number of methoxy groups -OCH3 is 2. The van der Waals surface area contributed by atoms with Gasteiger partial charge in [0.05, 0.1) is 26.7 Å². The van der Waals surface area contributed by atoms with Crippen molar-refractivity contribution in [1.82, 2.24) is 9.88 Å². The number of nitriles is 1. The maximum Gasteiger partial charge on any atom is 0.254 e. The lowest BCUT2D eigenvalue weighted by molar-refractivity contribution is 0.0746. The second-order valence-electron chi connectivity index (χ2n) is 5.10. The first-order chi connectivity index (χ1) is 11.7. The first-order valence-electron chi connectivity index (χ1n) is 7.46. The topological polar surface area (TPSA) is 75.5 Å². The van der Waals surface area contributed by atoms with Crippen LogP contribution in [-0.4, -0.2) is 36.6 Å². The highest BCUT2D eigenvalue weighted by Gasteiger charge is 2.18. The van der Waals surface area contributed by atoms with Gasteiger partial charge in [0.15, 0.2) is 0 Å². The number of carbonyl (C=O) groups is 1. The summed E-state index contributed by atoms with van der Waals surface area (Å²) in [5.74, 6) is 0.893. The van der Waals surface area contributed by atoms with Crippen LogP contribution in [0.2, 0.25) is 0 Å². The van der Waals surface area contributed by atoms with Crippen molar-refractivity contribution in [3.8, 4) is 17.6 Å². The van der Waals surface area contributed by atoms with Crippen LogP contribution in [0.4, 0.5) is 0 Å². The van der Waals surface area contributed by atoms with Crippen LogP contribution in [0.1, 0.15) is 22.3 Å². The molecule has 0 aliphatic heterocycles. The molecule has 0 bridgehead atoms. The number of hydrogen-bond donors (Lipinski definition) is 0. The Morgan fingerprint density at radius 3 is 2.50 bits per heavy atom. The van der Waals surface area contributed by atoms with Gasteiger partial charge in [0, 0.05) is 37.1 Å². The third-order valence-electron chi connectivity index (χ3n) is 3.48. The van der Waals surface area contributed by atoms with E-state index in [4.69, 9.17) is 14.7 Å². The smallest absolute Gasteiger partial charge is 0.254 e. The first kappa shape index (κ1) is 17.3. The monoisotopic (exact) mass is 325 g/mol. The first-order valence-corrected chi connectivity index (χ1v) is 7.46. The van der Waals surface area contributed by atoms with E-state index < -0.39 is 0 Å². The fourth-order valence-corrected chi connectivity index (χ4v) is 2.26. The molecule has 0 aliphatic carbocycles. The molecule has 0 saturated heterocycles. The Morgan fingerprint density at radius 1 is 1.25 bits per heavy atom. The van der Waals surface area contributed by atoms with Crippen LogP contribution in [0.3, 0.4) is 0 Å². The van der Waals surface area contributed by atoms with E-state index in [2.05, 4.69) is 11.1 Å². The van der Waals surface area contributed by atoms with Crippen molar-refractivity contribution >= 4 is 5.91 Å². The summed E-state index contributed by atoms with van der Waals surface area (Å²) in [6.07, 6.45) is 3.64. The molecular formula is C18H19N3O3. The zero-order valence-electron chi connectivity index (χ0n) is 13.7. The summed E-state index contributed by atoms with van der Waals surface area (Å²) in [6.45, 7) is 0.720. The molecule has 1 aromatic carbocycles. The molecule has 24 heavy (non-hydrogen) atoms. The van der Waals surface area contributed by atoms with Gasteiger partial charge in [-0.3, -0.25) is 9.78 Å². The maximum absolute atomic E-state index is 12.9. The van der Waals surface area contributed by atoms with Crippen molar-refractivity contribution in [2.75, 3.05) is 20.8 Å². The van der Waals surface area contributed by atoms with Crippen molar-refractivity contribution in [3.05, 3.63) is 53.9 Å². The average Bonchev–Trinajstić information content (AvgIpc) is 2.64. The molecule has 124 valence electrons. The molecule has 6 heteroatoms. The van der Waals surface area contributed by atoms with Crippen LogP contribution in [0.5, 0.6) is 11.5 Å². The van der Waals surface area contributed by atoms with Crippen molar-refractivity contribution in [2.45, 2.75) is 13.0 Å². The summed E-state index contributed by atoms with van der Waals surface area (Å²) >= 11 is 0. The predicted molar refractivity (Wildman–Crippen MR) is 88.8 cm³/mol. The number of aromatic nitrogens is 1. The zero-order chi connectivity index (χ0) is 17.4. The quantitative estimate of drug-likeness (QED) is 0.782. The van der Waals surface area contributed by atoms with Crippen molar-refractivity contribution in [3.63, 3.8) is 0 Å². The number of pyridine rings is 1. The van der Waals surface area contributed by atoms with Gasteiger partial charge in [-0.15, -0.1) is 0 Å². The van der Waals surface area contributed by atoms with Gasteiger partial charge in [-0.1, -0.05) is 6.07 Å². The maximum atomic E-state index is 12.9. The minimum absolute atomic E-state index is 0.189. The normalized spacial score (nSPS) is 9.88. The van der Waals surface area contributed by atoms with Gasteiger partial charge in [0.2, 0.25) is 0 Å². The number of benzene rings is 1. The van der Waals surface area contributed by atoms with E-state index in [1.807, 2.05) is 12.1 Å². The Morgan fingerprint density at radius 2 is 1.96 bits per heavy atom. The summed E-state index contributed by atoms with van der Waals surface area (Å²) in [5.41, 5.74) is 1.35. The summed E-state index contributed by atoms with van der Waals surface area (Å²) in [7, 11) is 3.07. The highest BCUT2D eigenvalue weighted by molar-refractivity contribution is 5.95. The van der Waals surface area contributed by atoms with Gasteiger partial charge in [0.25, 0.3) is 5.91 Å². The second kappa shape index (κ2) is 8.53. The zero-order valence-corrected chi connectivity index (χ0v) is 13.7. The summed E-state index contributed by atoms with van der Waals surface area (Å²) < 4.78 is 10.4. The average molecular weight is 325 g/mol. The minimum Gasteiger partial charge on any atom is -0.497 e. The largest absolute Gasteiger partial charge is 0.497 e. The Balaban J connectivity index is 2.28. The molecule has 2 aromatic rings. The van der Waals surface area contributed by atoms with Crippen LogP contribution >= 0.6 is 0 Å². The van der Waals surface area contributed by atoms with Crippen LogP contribution in [0, 0.1) is 11.3 Å². The van der Waals surface area contributed by atoms with E-state index in [1.54, 1.807) is 35.5 Å². The lowest BCUT2D eigenvalue weighted by atomic mass is 10.1. The fraction of sp³-hybridized carbons (Fsp3) is 0.278. The standard InChI is InChI=1S/C18H19N3O3/c1-23-16-9-15(10-17(11-16)24-2)18(22)21(8-4-6-19)13-14-5-3-7-20-12-14/h3,5,7,9-12H,4,8,13H2,1-2H3. The van der Waals surface area contributed by atoms with Crippen molar-refractivity contribution < 1.29 is 14.3 Å². The molecule has 1 heterocycles. The van der Waals surface area contributed by atoms with Crippen molar-refractivity contribution in [2.24, 2.45) is 0 Å². The highest BCUT2D eigenvalue weighted by Crippen LogP contribution is 2.24. The summed E-state index contributed by atoms with van der Waals surface area (Å²) in [5, 5.41) is 8.86. The Bertz CT molecular complexity index is 704. The number of ether oxygens (including phenoxy) is 2. The minimum atomic E-state index is -0.189. The molecule has 0 aliphatic rings. The molecule has 6 nitrogen and oxygen atoms in total. The Hall–Kier alpha value is -3.07. The Labute approximate surface area is 141 Å². The molecule has 0 fully saturated rings. The van der Waals surface area contributed by atoms with Crippen LogP contribution in [0.25, 0.3) is 0 Å². The molecule has 0 saturated carbocycles. The number of rotatable bonds is 7. The number of amides is 1. The van der Waals surface area contributed by atoms with E-state index in [0.29, 0.717) is 30.2 Å². The predicted octanol–water partition coefficient (Wildman–Crippen LogP) is 2.65. The van der Waals surface area contributed by atoms with E-state index in [1.165, 1.54) is 14.2 Å². The van der Waals surface area contributed by atoms with Gasteiger partial charge in [-0.05, 0) is 23.8 Å². The molecule has 1 amide bonds. The third kappa shape index (κ3) is 4.46. The van der Waals surface area contributed by atoms with Gasteiger partial charge in [0.1, 0.15) is 11.5 Å². The number of nitrogens with zero attached hydrogens (tertiary/aromatic N) is 3. The van der Waals surface area contributed by atoms with Crippen LogP contribution in [0.15, 0.2) is 42.7 Å². The second-order valence-corrected chi connectivity index (χ2v) is 5.10. The van der Waals surface area contributed by atoms with E-state index in [9.17, 15) is 4.79 Å². The molecule has 0 N–H and O–H groups in total. The van der Waals surface area contributed by atoms with Crippen LogP contribution < -0.4 is 9.47 Å².